The molecule has 236 valence electrons. The van der Waals surface area contributed by atoms with E-state index in [0.717, 1.165) is 33.0 Å². The number of carbonyl (C=O) groups is 2. The van der Waals surface area contributed by atoms with E-state index in [2.05, 4.69) is 5.32 Å². The highest BCUT2D eigenvalue weighted by Crippen LogP contribution is 2.26. The Morgan fingerprint density at radius 2 is 1.38 bits per heavy atom. The van der Waals surface area contributed by atoms with Crippen LogP contribution < -0.4 is 9.62 Å². The van der Waals surface area contributed by atoms with E-state index in [0.29, 0.717) is 5.69 Å². The zero-order valence-corrected chi connectivity index (χ0v) is 27.6. The summed E-state index contributed by atoms with van der Waals surface area (Å²) in [5, 5.41) is 3.06. The SMILES string of the molecule is CCc1ccc(N(CC(=O)N(Cc2cccc(C)c2)C(Cc2ccccc2)C(=O)NC(C)(C)C)S(=O)(=O)c2ccccc2)cc1. The Kier molecular flexibility index (Phi) is 10.8. The number of benzene rings is 4. The van der Waals surface area contributed by atoms with Crippen LogP contribution in [0.1, 0.15) is 49.9 Å². The molecule has 1 atom stereocenters. The number of carbonyl (C=O) groups excluding carboxylic acids is 2. The van der Waals surface area contributed by atoms with E-state index in [1.54, 1.807) is 30.3 Å². The molecular weight excluding hydrogens is 582 g/mol. The monoisotopic (exact) mass is 625 g/mol. The molecule has 0 radical (unpaired) electrons. The van der Waals surface area contributed by atoms with E-state index in [1.807, 2.05) is 101 Å². The number of nitrogens with one attached hydrogen (secondary N) is 1. The Morgan fingerprint density at radius 1 is 0.778 bits per heavy atom. The van der Waals surface area contributed by atoms with Crippen molar-refractivity contribution in [3.8, 4) is 0 Å². The summed E-state index contributed by atoms with van der Waals surface area (Å²) < 4.78 is 29.4. The van der Waals surface area contributed by atoms with E-state index in [-0.39, 0.29) is 23.8 Å². The Bertz CT molecular complexity index is 1680. The molecule has 0 saturated heterocycles. The summed E-state index contributed by atoms with van der Waals surface area (Å²) in [6.45, 7) is 9.32. The molecule has 45 heavy (non-hydrogen) atoms. The lowest BCUT2D eigenvalue weighted by atomic mass is 10.0. The predicted octanol–water partition coefficient (Wildman–Crippen LogP) is 6.31. The lowest BCUT2D eigenvalue weighted by Crippen LogP contribution is -2.56. The van der Waals surface area contributed by atoms with Gasteiger partial charge in [-0.3, -0.25) is 13.9 Å². The summed E-state index contributed by atoms with van der Waals surface area (Å²) in [5.74, 6) is -0.794. The Morgan fingerprint density at radius 3 is 1.96 bits per heavy atom. The molecule has 0 saturated carbocycles. The number of nitrogens with zero attached hydrogens (tertiary/aromatic N) is 2. The van der Waals surface area contributed by atoms with E-state index < -0.39 is 34.1 Å². The fraction of sp³-hybridized carbons (Fsp3) is 0.297. The van der Waals surface area contributed by atoms with Crippen molar-refractivity contribution >= 4 is 27.5 Å². The topological polar surface area (TPSA) is 86.8 Å². The Balaban J connectivity index is 1.81. The standard InChI is InChI=1S/C37H43N3O4S/c1-6-29-20-22-32(23-21-29)40(45(43,44)33-18-11-8-12-19-33)27-35(41)39(26-31-17-13-14-28(2)24-31)34(36(42)38-37(3,4)5)25-30-15-9-7-10-16-30/h7-24,34H,6,25-27H2,1-5H3,(H,38,42). The molecule has 2 amide bonds. The maximum absolute atomic E-state index is 14.6. The fourth-order valence-corrected chi connectivity index (χ4v) is 6.60. The highest BCUT2D eigenvalue weighted by molar-refractivity contribution is 7.92. The van der Waals surface area contributed by atoms with Gasteiger partial charge < -0.3 is 10.2 Å². The Labute approximate surface area is 268 Å². The first kappa shape index (κ1) is 33.5. The zero-order chi connectivity index (χ0) is 32.6. The van der Waals surface area contributed by atoms with Crippen molar-refractivity contribution in [1.82, 2.24) is 10.2 Å². The molecular formula is C37H43N3O4S. The van der Waals surface area contributed by atoms with Gasteiger partial charge >= 0.3 is 0 Å². The summed E-state index contributed by atoms with van der Waals surface area (Å²) in [5.41, 5.74) is 3.62. The summed E-state index contributed by atoms with van der Waals surface area (Å²) in [7, 11) is -4.13. The lowest BCUT2D eigenvalue weighted by Gasteiger charge is -2.35. The molecule has 0 aliphatic heterocycles. The van der Waals surface area contributed by atoms with Crippen LogP contribution in [-0.2, 0) is 39.0 Å². The van der Waals surface area contributed by atoms with Crippen molar-refractivity contribution in [1.29, 1.82) is 0 Å². The van der Waals surface area contributed by atoms with Gasteiger partial charge in [-0.05, 0) is 75.1 Å². The van der Waals surface area contributed by atoms with Crippen molar-refractivity contribution in [3.63, 3.8) is 0 Å². The molecule has 0 spiro atoms. The lowest BCUT2D eigenvalue weighted by molar-refractivity contribution is -0.140. The molecule has 1 unspecified atom stereocenters. The van der Waals surface area contributed by atoms with E-state index >= 15 is 0 Å². The fourth-order valence-electron chi connectivity index (χ4n) is 5.16. The van der Waals surface area contributed by atoms with Gasteiger partial charge in [0.15, 0.2) is 0 Å². The molecule has 7 nitrogen and oxygen atoms in total. The second kappa shape index (κ2) is 14.6. The average molecular weight is 626 g/mol. The molecule has 0 bridgehead atoms. The molecule has 8 heteroatoms. The number of sulfonamides is 1. The number of rotatable bonds is 12. The molecule has 4 aromatic carbocycles. The van der Waals surface area contributed by atoms with Gasteiger partial charge in [-0.25, -0.2) is 8.42 Å². The van der Waals surface area contributed by atoms with Gasteiger partial charge in [0.2, 0.25) is 11.8 Å². The third-order valence-corrected chi connectivity index (χ3v) is 9.24. The van der Waals surface area contributed by atoms with Crippen LogP contribution in [0.4, 0.5) is 5.69 Å². The molecule has 0 heterocycles. The second-order valence-corrected chi connectivity index (χ2v) is 14.2. The molecule has 4 rings (SSSR count). The molecule has 0 fully saturated rings. The molecule has 1 N–H and O–H groups in total. The molecule has 0 aliphatic carbocycles. The predicted molar refractivity (Wildman–Crippen MR) is 180 cm³/mol. The van der Waals surface area contributed by atoms with Crippen molar-refractivity contribution in [3.05, 3.63) is 131 Å². The van der Waals surface area contributed by atoms with Crippen molar-refractivity contribution < 1.29 is 18.0 Å². The maximum atomic E-state index is 14.6. The van der Waals surface area contributed by atoms with Gasteiger partial charge in [0.25, 0.3) is 10.0 Å². The molecule has 0 aliphatic rings. The van der Waals surface area contributed by atoms with Gasteiger partial charge in [0, 0.05) is 18.5 Å². The van der Waals surface area contributed by atoms with Gasteiger partial charge in [0.1, 0.15) is 12.6 Å². The summed E-state index contributed by atoms with van der Waals surface area (Å²) >= 11 is 0. The van der Waals surface area contributed by atoms with E-state index in [4.69, 9.17) is 0 Å². The average Bonchev–Trinajstić information content (AvgIpc) is 3.01. The van der Waals surface area contributed by atoms with Crippen molar-refractivity contribution in [2.75, 3.05) is 10.8 Å². The summed E-state index contributed by atoms with van der Waals surface area (Å²) in [6, 6.07) is 31.7. The van der Waals surface area contributed by atoms with Crippen LogP contribution in [0.3, 0.4) is 0 Å². The third kappa shape index (κ3) is 9.05. The highest BCUT2D eigenvalue weighted by atomic mass is 32.2. The van der Waals surface area contributed by atoms with Crippen LogP contribution in [0, 0.1) is 6.92 Å². The summed E-state index contributed by atoms with van der Waals surface area (Å²) in [4.78, 5) is 30.1. The summed E-state index contributed by atoms with van der Waals surface area (Å²) in [6.07, 6.45) is 1.05. The number of amides is 2. The largest absolute Gasteiger partial charge is 0.350 e. The minimum atomic E-state index is -4.13. The maximum Gasteiger partial charge on any atom is 0.264 e. The van der Waals surface area contributed by atoms with Gasteiger partial charge in [-0.15, -0.1) is 0 Å². The number of hydrogen-bond acceptors (Lipinski definition) is 4. The van der Waals surface area contributed by atoms with Crippen molar-refractivity contribution in [2.24, 2.45) is 0 Å². The first-order chi connectivity index (χ1) is 21.4. The van der Waals surface area contributed by atoms with Crippen LogP contribution in [0.2, 0.25) is 0 Å². The molecule has 0 aromatic heterocycles. The number of hydrogen-bond donors (Lipinski definition) is 1. The van der Waals surface area contributed by atoms with Crippen LogP contribution in [0.25, 0.3) is 0 Å². The molecule has 4 aromatic rings. The first-order valence-corrected chi connectivity index (χ1v) is 16.7. The van der Waals surface area contributed by atoms with Crippen LogP contribution in [0.15, 0.2) is 114 Å². The number of aryl methyl sites for hydroxylation is 2. The second-order valence-electron chi connectivity index (χ2n) is 12.3. The van der Waals surface area contributed by atoms with Crippen molar-refractivity contribution in [2.45, 2.75) is 70.5 Å². The zero-order valence-electron chi connectivity index (χ0n) is 26.7. The van der Waals surface area contributed by atoms with Gasteiger partial charge in [-0.2, -0.15) is 0 Å². The number of anilines is 1. The van der Waals surface area contributed by atoms with Crippen LogP contribution >= 0.6 is 0 Å². The minimum Gasteiger partial charge on any atom is -0.350 e. The normalized spacial score (nSPS) is 12.3. The first-order valence-electron chi connectivity index (χ1n) is 15.2. The van der Waals surface area contributed by atoms with Crippen LogP contribution in [-0.4, -0.2) is 43.3 Å². The van der Waals surface area contributed by atoms with Crippen LogP contribution in [0.5, 0.6) is 0 Å². The quantitative estimate of drug-likeness (QED) is 0.200. The van der Waals surface area contributed by atoms with E-state index in [9.17, 15) is 18.0 Å². The van der Waals surface area contributed by atoms with Gasteiger partial charge in [-0.1, -0.05) is 97.4 Å². The van der Waals surface area contributed by atoms with Gasteiger partial charge in [0.05, 0.1) is 10.6 Å². The Hall–Kier alpha value is -4.43. The van der Waals surface area contributed by atoms with E-state index in [1.165, 1.54) is 17.0 Å². The smallest absolute Gasteiger partial charge is 0.264 e. The minimum absolute atomic E-state index is 0.0777. The third-order valence-electron chi connectivity index (χ3n) is 7.45. The highest BCUT2D eigenvalue weighted by Gasteiger charge is 2.35.